The van der Waals surface area contributed by atoms with E-state index >= 15 is 0 Å². The average Bonchev–Trinajstić information content (AvgIpc) is 2.52. The number of likely N-dealkylation sites (tertiary alicyclic amines) is 1. The second-order valence-corrected chi connectivity index (χ2v) is 5.36. The van der Waals surface area contributed by atoms with Crippen molar-refractivity contribution in [2.75, 3.05) is 6.54 Å². The van der Waals surface area contributed by atoms with Crippen LogP contribution in [0.15, 0.2) is 24.3 Å². The first-order valence-electron chi connectivity index (χ1n) is 7.06. The molecule has 2 atom stereocenters. The maximum Gasteiger partial charge on any atom is 0.416 e. The highest BCUT2D eigenvalue weighted by Gasteiger charge is 2.36. The second-order valence-electron chi connectivity index (χ2n) is 5.36. The van der Waals surface area contributed by atoms with Crippen LogP contribution in [0.3, 0.4) is 0 Å². The Morgan fingerprint density at radius 3 is 2.30 bits per heavy atom. The highest BCUT2D eigenvalue weighted by atomic mass is 19.4. The van der Waals surface area contributed by atoms with E-state index in [4.69, 9.17) is 5.11 Å². The molecule has 1 aromatic rings. The number of carbonyl (C=O) groups excluding carboxylic acids is 1. The van der Waals surface area contributed by atoms with Gasteiger partial charge in [0.05, 0.1) is 5.56 Å². The number of aliphatic carboxylic acids is 1. The van der Waals surface area contributed by atoms with Gasteiger partial charge in [-0.05, 0) is 37.0 Å². The molecule has 2 rings (SSSR count). The lowest BCUT2D eigenvalue weighted by Gasteiger charge is -2.33. The van der Waals surface area contributed by atoms with Gasteiger partial charge in [0.15, 0.2) is 0 Å². The van der Waals surface area contributed by atoms with Crippen LogP contribution in [0.1, 0.15) is 36.6 Å². The van der Waals surface area contributed by atoms with Gasteiger partial charge in [0, 0.05) is 6.54 Å². The Bertz CT molecular complexity index is 585. The monoisotopic (exact) mass is 333 g/mol. The third kappa shape index (κ3) is 3.80. The molecule has 1 N–H and O–H groups in total. The minimum absolute atomic E-state index is 0.122. The number of rotatable bonds is 3. The molecule has 1 fully saturated rings. The molecule has 23 heavy (non-hydrogen) atoms. The van der Waals surface area contributed by atoms with Gasteiger partial charge in [-0.25, -0.2) is 9.18 Å². The van der Waals surface area contributed by atoms with Gasteiger partial charge < -0.3 is 10.0 Å². The van der Waals surface area contributed by atoms with Crippen molar-refractivity contribution in [1.29, 1.82) is 0 Å². The topological polar surface area (TPSA) is 57.6 Å². The number of hydrogen-bond acceptors (Lipinski definition) is 2. The summed E-state index contributed by atoms with van der Waals surface area (Å²) >= 11 is 0. The van der Waals surface area contributed by atoms with E-state index in [2.05, 4.69) is 0 Å². The number of carboxylic acid groups (broad SMARTS) is 1. The van der Waals surface area contributed by atoms with Gasteiger partial charge in [-0.3, -0.25) is 4.79 Å². The molecule has 1 heterocycles. The molecule has 2 unspecified atom stereocenters. The molecule has 0 aromatic heterocycles. The molecule has 0 saturated carbocycles. The molecular weight excluding hydrogens is 318 g/mol. The third-order valence-electron chi connectivity index (χ3n) is 3.82. The van der Waals surface area contributed by atoms with Crippen molar-refractivity contribution in [2.24, 2.45) is 0 Å². The summed E-state index contributed by atoms with van der Waals surface area (Å²) < 4.78 is 51.7. The SMILES string of the molecule is O=C(O)C1CCCCN1C(=O)C(F)c1ccc(C(F)(F)F)cc1. The molecule has 4 nitrogen and oxygen atoms in total. The number of piperidine rings is 1. The fourth-order valence-electron chi connectivity index (χ4n) is 2.58. The van der Waals surface area contributed by atoms with Crippen LogP contribution in [0.4, 0.5) is 17.6 Å². The summed E-state index contributed by atoms with van der Waals surface area (Å²) in [6.07, 6.45) is -5.30. The zero-order valence-electron chi connectivity index (χ0n) is 12.0. The largest absolute Gasteiger partial charge is 0.480 e. The van der Waals surface area contributed by atoms with Crippen LogP contribution in [0.25, 0.3) is 0 Å². The van der Waals surface area contributed by atoms with Gasteiger partial charge >= 0.3 is 12.1 Å². The first kappa shape index (κ1) is 17.2. The summed E-state index contributed by atoms with van der Waals surface area (Å²) in [6, 6.07) is 2.08. The summed E-state index contributed by atoms with van der Waals surface area (Å²) in [4.78, 5) is 24.3. The van der Waals surface area contributed by atoms with E-state index in [-0.39, 0.29) is 18.5 Å². The van der Waals surface area contributed by atoms with Crippen LogP contribution < -0.4 is 0 Å². The first-order valence-corrected chi connectivity index (χ1v) is 7.06. The second kappa shape index (κ2) is 6.55. The van der Waals surface area contributed by atoms with Gasteiger partial charge in [-0.1, -0.05) is 12.1 Å². The van der Waals surface area contributed by atoms with Crippen molar-refractivity contribution in [3.63, 3.8) is 0 Å². The van der Waals surface area contributed by atoms with Crippen molar-refractivity contribution in [2.45, 2.75) is 37.7 Å². The molecule has 1 aliphatic rings. The van der Waals surface area contributed by atoms with Crippen LogP contribution >= 0.6 is 0 Å². The van der Waals surface area contributed by atoms with Gasteiger partial charge in [0.25, 0.3) is 5.91 Å². The van der Waals surface area contributed by atoms with Gasteiger partial charge in [0.2, 0.25) is 6.17 Å². The predicted octanol–water partition coefficient (Wildman–Crippen LogP) is 3.18. The van der Waals surface area contributed by atoms with Crippen LogP contribution in [0.2, 0.25) is 0 Å². The number of hydrogen-bond donors (Lipinski definition) is 1. The fourth-order valence-corrected chi connectivity index (χ4v) is 2.58. The van der Waals surface area contributed by atoms with E-state index in [1.165, 1.54) is 0 Å². The molecule has 0 bridgehead atoms. The Morgan fingerprint density at radius 2 is 1.78 bits per heavy atom. The highest BCUT2D eigenvalue weighted by molar-refractivity contribution is 5.87. The van der Waals surface area contributed by atoms with E-state index in [0.29, 0.717) is 25.0 Å². The fraction of sp³-hybridized carbons (Fsp3) is 0.467. The van der Waals surface area contributed by atoms with Crippen LogP contribution in [0, 0.1) is 0 Å². The van der Waals surface area contributed by atoms with Crippen LogP contribution in [-0.4, -0.2) is 34.5 Å². The lowest BCUT2D eigenvalue weighted by molar-refractivity contribution is -0.154. The number of carbonyl (C=O) groups is 2. The normalized spacial score (nSPS) is 20.2. The zero-order chi connectivity index (χ0) is 17.2. The molecule has 0 spiro atoms. The summed E-state index contributed by atoms with van der Waals surface area (Å²) in [5, 5.41) is 9.09. The minimum Gasteiger partial charge on any atom is -0.480 e. The number of halogens is 4. The Morgan fingerprint density at radius 1 is 1.17 bits per heavy atom. The minimum atomic E-state index is -4.55. The summed E-state index contributed by atoms with van der Waals surface area (Å²) in [5.74, 6) is -2.24. The van der Waals surface area contributed by atoms with E-state index in [1.54, 1.807) is 0 Å². The molecule has 0 radical (unpaired) electrons. The van der Waals surface area contributed by atoms with E-state index in [0.717, 1.165) is 17.0 Å². The Balaban J connectivity index is 2.17. The van der Waals surface area contributed by atoms with Crippen molar-refractivity contribution in [3.05, 3.63) is 35.4 Å². The number of nitrogens with zero attached hydrogens (tertiary/aromatic N) is 1. The Hall–Kier alpha value is -2.12. The van der Waals surface area contributed by atoms with Gasteiger partial charge in [-0.15, -0.1) is 0 Å². The molecule has 126 valence electrons. The average molecular weight is 333 g/mol. The number of carboxylic acids is 1. The molecule has 1 amide bonds. The zero-order valence-corrected chi connectivity index (χ0v) is 12.0. The smallest absolute Gasteiger partial charge is 0.416 e. The lowest BCUT2D eigenvalue weighted by atomic mass is 10.00. The summed E-state index contributed by atoms with van der Waals surface area (Å²) in [5.41, 5.74) is -1.17. The third-order valence-corrected chi connectivity index (χ3v) is 3.82. The van der Waals surface area contributed by atoms with Gasteiger partial charge in [0.1, 0.15) is 6.04 Å². The van der Waals surface area contributed by atoms with E-state index in [1.807, 2.05) is 0 Å². The quantitative estimate of drug-likeness (QED) is 0.865. The van der Waals surface area contributed by atoms with Crippen LogP contribution in [0.5, 0.6) is 0 Å². The van der Waals surface area contributed by atoms with E-state index in [9.17, 15) is 27.2 Å². The first-order chi connectivity index (χ1) is 10.7. The van der Waals surface area contributed by atoms with E-state index < -0.39 is 35.8 Å². The molecule has 8 heteroatoms. The molecule has 0 aliphatic carbocycles. The maximum absolute atomic E-state index is 14.3. The summed E-state index contributed by atoms with van der Waals surface area (Å²) in [6.45, 7) is 0.122. The molecule has 1 aromatic carbocycles. The highest BCUT2D eigenvalue weighted by Crippen LogP contribution is 2.31. The number of amides is 1. The summed E-state index contributed by atoms with van der Waals surface area (Å²) in [7, 11) is 0. The van der Waals surface area contributed by atoms with Crippen LogP contribution in [-0.2, 0) is 15.8 Å². The van der Waals surface area contributed by atoms with Crippen molar-refractivity contribution in [1.82, 2.24) is 4.90 Å². The van der Waals surface area contributed by atoms with Gasteiger partial charge in [-0.2, -0.15) is 13.2 Å². The molecular formula is C15H15F4NO3. The molecule has 1 saturated heterocycles. The Kier molecular flexibility index (Phi) is 4.91. The maximum atomic E-state index is 14.3. The number of alkyl halides is 4. The Labute approximate surface area is 129 Å². The lowest BCUT2D eigenvalue weighted by Crippen LogP contribution is -2.49. The number of benzene rings is 1. The van der Waals surface area contributed by atoms with Crippen molar-refractivity contribution >= 4 is 11.9 Å². The standard InChI is InChI=1S/C15H15F4NO3/c16-12(9-4-6-10(7-5-9)15(17,18)19)13(21)20-8-2-1-3-11(20)14(22)23/h4-7,11-12H,1-3,8H2,(H,22,23). The molecule has 1 aliphatic heterocycles. The van der Waals surface area contributed by atoms with Crippen molar-refractivity contribution in [3.8, 4) is 0 Å². The predicted molar refractivity (Wildman–Crippen MR) is 72.3 cm³/mol. The van der Waals surface area contributed by atoms with Crippen molar-refractivity contribution < 1.29 is 32.3 Å².